The highest BCUT2D eigenvalue weighted by Gasteiger charge is 2.25. The number of carbonyl (C=O) groups excluding carboxylic acids is 1. The summed E-state index contributed by atoms with van der Waals surface area (Å²) in [6.45, 7) is 5.92. The van der Waals surface area contributed by atoms with E-state index in [1.807, 2.05) is 20.8 Å². The van der Waals surface area contributed by atoms with Gasteiger partial charge < -0.3 is 19.9 Å². The first-order chi connectivity index (χ1) is 11.1. The minimum atomic E-state index is -1.16. The lowest BCUT2D eigenvalue weighted by molar-refractivity contribution is -0.139. The van der Waals surface area contributed by atoms with Crippen LogP contribution in [0.3, 0.4) is 0 Å². The highest BCUT2D eigenvalue weighted by atomic mass is 19.1. The van der Waals surface area contributed by atoms with Crippen LogP contribution in [0.5, 0.6) is 11.5 Å². The monoisotopic (exact) mass is 341 g/mol. The van der Waals surface area contributed by atoms with E-state index < -0.39 is 23.7 Å². The Morgan fingerprint density at radius 3 is 2.21 bits per heavy atom. The van der Waals surface area contributed by atoms with Crippen molar-refractivity contribution in [1.82, 2.24) is 5.32 Å². The fourth-order valence-electron chi connectivity index (χ4n) is 2.10. The maximum atomic E-state index is 14.1. The molecule has 0 saturated heterocycles. The van der Waals surface area contributed by atoms with Crippen molar-refractivity contribution in [3.8, 4) is 11.5 Å². The summed E-state index contributed by atoms with van der Waals surface area (Å²) in [6.07, 6.45) is 0.845. The summed E-state index contributed by atoms with van der Waals surface area (Å²) in [5, 5.41) is 11.6. The first-order valence-corrected chi connectivity index (χ1v) is 7.54. The molecule has 0 saturated carbocycles. The van der Waals surface area contributed by atoms with Gasteiger partial charge in [0.2, 0.25) is 0 Å². The van der Waals surface area contributed by atoms with Crippen LogP contribution in [0.25, 0.3) is 0 Å². The summed E-state index contributed by atoms with van der Waals surface area (Å²) in [7, 11) is 2.71. The molecule has 0 radical (unpaired) electrons. The van der Waals surface area contributed by atoms with E-state index in [2.05, 4.69) is 5.32 Å². The van der Waals surface area contributed by atoms with Gasteiger partial charge in [0, 0.05) is 6.07 Å². The van der Waals surface area contributed by atoms with Crippen LogP contribution in [0.1, 0.15) is 44.0 Å². The van der Waals surface area contributed by atoms with Crippen LogP contribution in [0.4, 0.5) is 4.39 Å². The highest BCUT2D eigenvalue weighted by molar-refractivity contribution is 5.97. The van der Waals surface area contributed by atoms with Crippen LogP contribution in [-0.2, 0) is 4.79 Å². The van der Waals surface area contributed by atoms with Gasteiger partial charge in [-0.05, 0) is 24.3 Å². The largest absolute Gasteiger partial charge is 0.493 e. The van der Waals surface area contributed by atoms with Crippen molar-refractivity contribution in [3.05, 3.63) is 23.5 Å². The minimum Gasteiger partial charge on any atom is -0.493 e. The molecule has 0 aliphatic heterocycles. The Balaban J connectivity index is 2.97. The zero-order chi connectivity index (χ0) is 18.5. The molecule has 1 rings (SSSR count). The maximum absolute atomic E-state index is 14.1. The van der Waals surface area contributed by atoms with E-state index in [4.69, 9.17) is 9.47 Å². The predicted octanol–water partition coefficient (Wildman–Crippen LogP) is 2.85. The Bertz CT molecular complexity index is 610. The zero-order valence-electron chi connectivity index (χ0n) is 14.6. The van der Waals surface area contributed by atoms with Gasteiger partial charge in [0.25, 0.3) is 5.91 Å². The van der Waals surface area contributed by atoms with Gasteiger partial charge in [0.05, 0.1) is 19.8 Å². The SMILES string of the molecule is COc1cc(F)c(C(=O)NC(CCC(C)(C)C)C(=O)O)cc1OC. The first kappa shape index (κ1) is 19.7. The number of methoxy groups -OCH3 is 2. The highest BCUT2D eigenvalue weighted by Crippen LogP contribution is 2.30. The van der Waals surface area contributed by atoms with Crippen LogP contribution in [0.2, 0.25) is 0 Å². The standard InChI is InChI=1S/C17H24FNO5/c1-17(2,3)7-6-12(16(21)22)19-15(20)10-8-13(23-4)14(24-5)9-11(10)18/h8-9,12H,6-7H2,1-5H3,(H,19,20)(H,21,22). The molecule has 24 heavy (non-hydrogen) atoms. The molecular weight excluding hydrogens is 317 g/mol. The zero-order valence-corrected chi connectivity index (χ0v) is 14.6. The summed E-state index contributed by atoms with van der Waals surface area (Å²) in [4.78, 5) is 23.6. The number of nitrogens with one attached hydrogen (secondary N) is 1. The van der Waals surface area contributed by atoms with Gasteiger partial charge in [-0.25, -0.2) is 9.18 Å². The number of benzene rings is 1. The fraction of sp³-hybridized carbons (Fsp3) is 0.529. The van der Waals surface area contributed by atoms with E-state index in [-0.39, 0.29) is 28.9 Å². The molecule has 0 aliphatic rings. The van der Waals surface area contributed by atoms with Gasteiger partial charge in [-0.3, -0.25) is 4.79 Å². The molecule has 0 aliphatic carbocycles. The van der Waals surface area contributed by atoms with Gasteiger partial charge in [-0.15, -0.1) is 0 Å². The normalized spacial score (nSPS) is 12.4. The molecule has 0 heterocycles. The average Bonchev–Trinajstić information content (AvgIpc) is 2.49. The third kappa shape index (κ3) is 5.40. The van der Waals surface area contributed by atoms with Gasteiger partial charge in [-0.2, -0.15) is 0 Å². The number of hydrogen-bond acceptors (Lipinski definition) is 4. The number of halogens is 1. The van der Waals surface area contributed by atoms with E-state index in [0.29, 0.717) is 6.42 Å². The molecule has 2 N–H and O–H groups in total. The molecule has 0 aromatic heterocycles. The van der Waals surface area contributed by atoms with Crippen LogP contribution < -0.4 is 14.8 Å². The third-order valence-corrected chi connectivity index (χ3v) is 3.50. The topological polar surface area (TPSA) is 84.9 Å². The molecule has 0 bridgehead atoms. The summed E-state index contributed by atoms with van der Waals surface area (Å²) >= 11 is 0. The smallest absolute Gasteiger partial charge is 0.326 e. The molecule has 1 atom stereocenters. The number of hydrogen-bond donors (Lipinski definition) is 2. The average molecular weight is 341 g/mol. The van der Waals surface area contributed by atoms with E-state index in [1.54, 1.807) is 0 Å². The van der Waals surface area contributed by atoms with Gasteiger partial charge in [0.1, 0.15) is 11.9 Å². The van der Waals surface area contributed by atoms with Gasteiger partial charge in [-0.1, -0.05) is 20.8 Å². The number of rotatable bonds is 7. The lowest BCUT2D eigenvalue weighted by Gasteiger charge is -2.22. The van der Waals surface area contributed by atoms with E-state index in [9.17, 15) is 19.1 Å². The van der Waals surface area contributed by atoms with E-state index in [0.717, 1.165) is 6.07 Å². The molecule has 1 aromatic rings. The Labute approximate surface area is 141 Å². The molecule has 7 heteroatoms. The van der Waals surface area contributed by atoms with Crippen LogP contribution in [-0.4, -0.2) is 37.2 Å². The number of carboxylic acid groups (broad SMARTS) is 1. The van der Waals surface area contributed by atoms with Crippen molar-refractivity contribution >= 4 is 11.9 Å². The Kier molecular flexibility index (Phi) is 6.57. The van der Waals surface area contributed by atoms with Crippen LogP contribution in [0.15, 0.2) is 12.1 Å². The summed E-state index contributed by atoms with van der Waals surface area (Å²) < 4.78 is 24.1. The molecule has 6 nitrogen and oxygen atoms in total. The predicted molar refractivity (Wildman–Crippen MR) is 87.1 cm³/mol. The second kappa shape index (κ2) is 7.99. The molecule has 1 aromatic carbocycles. The second-order valence-electron chi connectivity index (χ2n) is 6.65. The van der Waals surface area contributed by atoms with Crippen molar-refractivity contribution in [2.75, 3.05) is 14.2 Å². The molecule has 0 spiro atoms. The molecule has 0 fully saturated rings. The first-order valence-electron chi connectivity index (χ1n) is 7.54. The summed E-state index contributed by atoms with van der Waals surface area (Å²) in [6, 6.07) is 1.12. The Morgan fingerprint density at radius 1 is 1.21 bits per heavy atom. The number of carboxylic acids is 1. The lowest BCUT2D eigenvalue weighted by atomic mass is 9.88. The minimum absolute atomic E-state index is 0.0764. The van der Waals surface area contributed by atoms with Crippen LogP contribution in [0, 0.1) is 11.2 Å². The van der Waals surface area contributed by atoms with Crippen molar-refractivity contribution < 1.29 is 28.6 Å². The quantitative estimate of drug-likeness (QED) is 0.796. The second-order valence-corrected chi connectivity index (χ2v) is 6.65. The third-order valence-electron chi connectivity index (χ3n) is 3.50. The lowest BCUT2D eigenvalue weighted by Crippen LogP contribution is -2.41. The molecular formula is C17H24FNO5. The number of aliphatic carboxylic acids is 1. The Hall–Kier alpha value is -2.31. The van der Waals surface area contributed by atoms with Crippen molar-refractivity contribution in [2.45, 2.75) is 39.7 Å². The summed E-state index contributed by atoms with van der Waals surface area (Å²) in [5.41, 5.74) is -0.373. The molecule has 1 amide bonds. The van der Waals surface area contributed by atoms with E-state index in [1.165, 1.54) is 20.3 Å². The molecule has 1 unspecified atom stereocenters. The number of carbonyl (C=O) groups is 2. The number of amides is 1. The molecule has 134 valence electrons. The van der Waals surface area contributed by atoms with Crippen molar-refractivity contribution in [1.29, 1.82) is 0 Å². The van der Waals surface area contributed by atoms with Crippen molar-refractivity contribution in [3.63, 3.8) is 0 Å². The van der Waals surface area contributed by atoms with Gasteiger partial charge in [0.15, 0.2) is 11.5 Å². The number of ether oxygens (including phenoxy) is 2. The maximum Gasteiger partial charge on any atom is 0.326 e. The van der Waals surface area contributed by atoms with Crippen LogP contribution >= 0.6 is 0 Å². The Morgan fingerprint density at radius 2 is 1.75 bits per heavy atom. The fourth-order valence-corrected chi connectivity index (χ4v) is 2.10. The van der Waals surface area contributed by atoms with E-state index >= 15 is 0 Å². The van der Waals surface area contributed by atoms with Crippen molar-refractivity contribution in [2.24, 2.45) is 5.41 Å². The van der Waals surface area contributed by atoms with Gasteiger partial charge >= 0.3 is 5.97 Å². The summed E-state index contributed by atoms with van der Waals surface area (Å²) in [5.74, 6) is -2.45.